The Bertz CT molecular complexity index is 459. The zero-order valence-corrected chi connectivity index (χ0v) is 11.7. The first-order valence-corrected chi connectivity index (χ1v) is 6.15. The number of nitrogens with one attached hydrogen (secondary N) is 1. The number of carboxylic acids is 1. The lowest BCUT2D eigenvalue weighted by Crippen LogP contribution is -2.16. The molecule has 0 aromatic heterocycles. The molecule has 0 fully saturated rings. The third kappa shape index (κ3) is 4.75. The van der Waals surface area contributed by atoms with Crippen molar-refractivity contribution in [3.8, 4) is 0 Å². The molecule has 0 radical (unpaired) electrons. The molecule has 18 heavy (non-hydrogen) atoms. The second-order valence-corrected chi connectivity index (χ2v) is 5.07. The van der Waals surface area contributed by atoms with E-state index in [4.69, 9.17) is 9.84 Å². The molecular weight excluding hydrogens is 302 g/mol. The van der Waals surface area contributed by atoms with E-state index in [1.165, 1.54) is 12.1 Å². The predicted octanol–water partition coefficient (Wildman–Crippen LogP) is 3.35. The summed E-state index contributed by atoms with van der Waals surface area (Å²) in [6.07, 6.45) is -0.599. The van der Waals surface area contributed by atoms with Crippen LogP contribution in [0.4, 0.5) is 10.5 Å². The molecule has 6 heteroatoms. The Kier molecular flexibility index (Phi) is 5.15. The first kappa shape index (κ1) is 14.5. The molecule has 0 atom stereocenters. The van der Waals surface area contributed by atoms with Gasteiger partial charge in [-0.15, -0.1) is 0 Å². The van der Waals surface area contributed by atoms with Crippen LogP contribution in [0, 0.1) is 5.92 Å². The SMILES string of the molecule is CC(C)COC(=O)Nc1cc(Br)cc(C(=O)O)c1. The van der Waals surface area contributed by atoms with Crippen LogP contribution in [0.3, 0.4) is 0 Å². The van der Waals surface area contributed by atoms with Crippen molar-refractivity contribution in [1.29, 1.82) is 0 Å². The van der Waals surface area contributed by atoms with Gasteiger partial charge in [-0.1, -0.05) is 29.8 Å². The molecule has 0 bridgehead atoms. The molecule has 98 valence electrons. The minimum absolute atomic E-state index is 0.0866. The lowest BCUT2D eigenvalue weighted by Gasteiger charge is -2.09. The van der Waals surface area contributed by atoms with Gasteiger partial charge >= 0.3 is 12.1 Å². The van der Waals surface area contributed by atoms with E-state index in [1.807, 2.05) is 13.8 Å². The molecular formula is C12H14BrNO4. The van der Waals surface area contributed by atoms with E-state index >= 15 is 0 Å². The van der Waals surface area contributed by atoms with Gasteiger partial charge < -0.3 is 9.84 Å². The van der Waals surface area contributed by atoms with Gasteiger partial charge in [-0.25, -0.2) is 9.59 Å². The number of hydrogen-bond donors (Lipinski definition) is 2. The molecule has 0 aliphatic rings. The van der Waals surface area contributed by atoms with Crippen LogP contribution < -0.4 is 5.32 Å². The predicted molar refractivity (Wildman–Crippen MR) is 70.9 cm³/mol. The first-order valence-electron chi connectivity index (χ1n) is 5.36. The zero-order chi connectivity index (χ0) is 13.7. The maximum atomic E-state index is 11.4. The minimum Gasteiger partial charge on any atom is -0.478 e. The smallest absolute Gasteiger partial charge is 0.411 e. The fourth-order valence-corrected chi connectivity index (χ4v) is 1.67. The van der Waals surface area contributed by atoms with Crippen LogP contribution in [0.25, 0.3) is 0 Å². The number of anilines is 1. The van der Waals surface area contributed by atoms with Gasteiger partial charge in [-0.3, -0.25) is 5.32 Å². The topological polar surface area (TPSA) is 75.6 Å². The fraction of sp³-hybridized carbons (Fsp3) is 0.333. The molecule has 1 aromatic carbocycles. The number of aromatic carboxylic acids is 1. The maximum absolute atomic E-state index is 11.4. The number of hydrogen-bond acceptors (Lipinski definition) is 3. The van der Waals surface area contributed by atoms with E-state index in [-0.39, 0.29) is 11.5 Å². The van der Waals surface area contributed by atoms with Crippen LogP contribution in [-0.2, 0) is 4.74 Å². The van der Waals surface area contributed by atoms with Gasteiger partial charge in [0.25, 0.3) is 0 Å². The van der Waals surface area contributed by atoms with E-state index in [2.05, 4.69) is 21.2 Å². The Morgan fingerprint density at radius 3 is 2.61 bits per heavy atom. The monoisotopic (exact) mass is 315 g/mol. The summed E-state index contributed by atoms with van der Waals surface area (Å²) in [5.41, 5.74) is 0.457. The highest BCUT2D eigenvalue weighted by Gasteiger charge is 2.09. The molecule has 0 spiro atoms. The van der Waals surface area contributed by atoms with Crippen molar-refractivity contribution in [2.45, 2.75) is 13.8 Å². The van der Waals surface area contributed by atoms with Crippen molar-refractivity contribution in [2.75, 3.05) is 11.9 Å². The quantitative estimate of drug-likeness (QED) is 0.893. The Labute approximate surface area is 113 Å². The number of ether oxygens (including phenoxy) is 1. The minimum atomic E-state index is -1.06. The molecule has 0 aliphatic heterocycles. The van der Waals surface area contributed by atoms with Crippen LogP contribution in [0.1, 0.15) is 24.2 Å². The van der Waals surface area contributed by atoms with E-state index in [0.717, 1.165) is 0 Å². The number of halogens is 1. The molecule has 0 heterocycles. The van der Waals surface area contributed by atoms with Crippen LogP contribution in [0.2, 0.25) is 0 Å². The number of carbonyl (C=O) groups excluding carboxylic acids is 1. The molecule has 1 aromatic rings. The number of carboxylic acid groups (broad SMARTS) is 1. The number of benzene rings is 1. The number of rotatable bonds is 4. The van der Waals surface area contributed by atoms with Gasteiger partial charge in [0.2, 0.25) is 0 Å². The van der Waals surface area contributed by atoms with Crippen molar-refractivity contribution >= 4 is 33.7 Å². The highest BCUT2D eigenvalue weighted by Crippen LogP contribution is 2.20. The van der Waals surface area contributed by atoms with Crippen molar-refractivity contribution in [3.05, 3.63) is 28.2 Å². The lowest BCUT2D eigenvalue weighted by atomic mass is 10.2. The Morgan fingerprint density at radius 2 is 2.06 bits per heavy atom. The average molecular weight is 316 g/mol. The van der Waals surface area contributed by atoms with Crippen molar-refractivity contribution < 1.29 is 19.4 Å². The first-order chi connectivity index (χ1) is 8.38. The van der Waals surface area contributed by atoms with Crippen molar-refractivity contribution in [1.82, 2.24) is 0 Å². The number of amides is 1. The molecule has 0 saturated heterocycles. The van der Waals surface area contributed by atoms with Crippen LogP contribution >= 0.6 is 15.9 Å². The van der Waals surface area contributed by atoms with E-state index in [9.17, 15) is 9.59 Å². The molecule has 0 aliphatic carbocycles. The highest BCUT2D eigenvalue weighted by molar-refractivity contribution is 9.10. The standard InChI is InChI=1S/C12H14BrNO4/c1-7(2)6-18-12(17)14-10-4-8(11(15)16)3-9(13)5-10/h3-5,7H,6H2,1-2H3,(H,14,17)(H,15,16). The van der Waals surface area contributed by atoms with Gasteiger partial charge in [-0.05, 0) is 24.1 Å². The Morgan fingerprint density at radius 1 is 1.39 bits per heavy atom. The molecule has 5 nitrogen and oxygen atoms in total. The van der Waals surface area contributed by atoms with Crippen LogP contribution in [-0.4, -0.2) is 23.8 Å². The summed E-state index contributed by atoms with van der Waals surface area (Å²) in [7, 11) is 0. The van der Waals surface area contributed by atoms with E-state index < -0.39 is 12.1 Å². The van der Waals surface area contributed by atoms with Gasteiger partial charge in [-0.2, -0.15) is 0 Å². The molecule has 1 rings (SSSR count). The van der Waals surface area contributed by atoms with Crippen LogP contribution in [0.15, 0.2) is 22.7 Å². The molecule has 0 saturated carbocycles. The fourth-order valence-electron chi connectivity index (χ4n) is 1.18. The van der Waals surface area contributed by atoms with Crippen molar-refractivity contribution in [2.24, 2.45) is 5.92 Å². The molecule has 0 unspecified atom stereocenters. The summed E-state index contributed by atoms with van der Waals surface area (Å²) in [5.74, 6) is -0.817. The van der Waals surface area contributed by atoms with Gasteiger partial charge in [0.05, 0.1) is 12.2 Å². The largest absolute Gasteiger partial charge is 0.478 e. The third-order valence-electron chi connectivity index (χ3n) is 1.94. The Balaban J connectivity index is 2.72. The maximum Gasteiger partial charge on any atom is 0.411 e. The molecule has 1 amide bonds. The molecule has 2 N–H and O–H groups in total. The van der Waals surface area contributed by atoms with Gasteiger partial charge in [0, 0.05) is 10.2 Å². The summed E-state index contributed by atoms with van der Waals surface area (Å²) >= 11 is 3.18. The van der Waals surface area contributed by atoms with E-state index in [0.29, 0.717) is 16.8 Å². The summed E-state index contributed by atoms with van der Waals surface area (Å²) in [5, 5.41) is 11.4. The average Bonchev–Trinajstić information content (AvgIpc) is 2.25. The summed E-state index contributed by atoms with van der Waals surface area (Å²) < 4.78 is 5.51. The van der Waals surface area contributed by atoms with E-state index in [1.54, 1.807) is 6.07 Å². The van der Waals surface area contributed by atoms with Crippen molar-refractivity contribution in [3.63, 3.8) is 0 Å². The summed E-state index contributed by atoms with van der Waals surface area (Å²) in [6.45, 7) is 4.16. The normalized spacial score (nSPS) is 10.2. The highest BCUT2D eigenvalue weighted by atomic mass is 79.9. The van der Waals surface area contributed by atoms with Gasteiger partial charge in [0.1, 0.15) is 0 Å². The summed E-state index contributed by atoms with van der Waals surface area (Å²) in [6, 6.07) is 4.42. The third-order valence-corrected chi connectivity index (χ3v) is 2.40. The second kappa shape index (κ2) is 6.39. The zero-order valence-electron chi connectivity index (χ0n) is 10.1. The van der Waals surface area contributed by atoms with Crippen LogP contribution in [0.5, 0.6) is 0 Å². The lowest BCUT2D eigenvalue weighted by molar-refractivity contribution is 0.0696. The Hall–Kier alpha value is -1.56. The number of carbonyl (C=O) groups is 2. The second-order valence-electron chi connectivity index (χ2n) is 4.15. The van der Waals surface area contributed by atoms with Gasteiger partial charge in [0.15, 0.2) is 0 Å². The summed E-state index contributed by atoms with van der Waals surface area (Å²) in [4.78, 5) is 22.3.